The van der Waals surface area contributed by atoms with Gasteiger partial charge in [-0.15, -0.1) is 0 Å². The number of halogens is 1. The Morgan fingerprint density at radius 3 is 2.60 bits per heavy atom. The Morgan fingerprint density at radius 1 is 1.40 bits per heavy atom. The molecule has 0 saturated carbocycles. The van der Waals surface area contributed by atoms with Crippen molar-refractivity contribution in [1.29, 1.82) is 0 Å². The summed E-state index contributed by atoms with van der Waals surface area (Å²) in [6.45, 7) is 6.16. The summed E-state index contributed by atoms with van der Waals surface area (Å²) in [5, 5.41) is 12.2. The maximum atomic E-state index is 13.2. The third-order valence-electron chi connectivity index (χ3n) is 2.40. The Balaban J connectivity index is 2.62. The number of benzene rings is 1. The largest absolute Gasteiger partial charge is 0.394 e. The Bertz CT molecular complexity index is 336. The SMILES string of the molecule is Cc1ccc(CNC(C)(C)CO)cc1F. The fourth-order valence-electron chi connectivity index (χ4n) is 1.14. The lowest BCUT2D eigenvalue weighted by Gasteiger charge is -2.23. The van der Waals surface area contributed by atoms with Gasteiger partial charge in [0.15, 0.2) is 0 Å². The highest BCUT2D eigenvalue weighted by Gasteiger charge is 2.14. The molecule has 0 atom stereocenters. The zero-order valence-corrected chi connectivity index (χ0v) is 9.47. The molecule has 0 bridgehead atoms. The molecule has 1 rings (SSSR count). The van der Waals surface area contributed by atoms with E-state index < -0.39 is 0 Å². The third-order valence-corrected chi connectivity index (χ3v) is 2.40. The zero-order valence-electron chi connectivity index (χ0n) is 9.47. The summed E-state index contributed by atoms with van der Waals surface area (Å²) < 4.78 is 13.2. The lowest BCUT2D eigenvalue weighted by molar-refractivity contribution is 0.187. The average Bonchev–Trinajstić information content (AvgIpc) is 2.20. The van der Waals surface area contributed by atoms with E-state index in [4.69, 9.17) is 5.11 Å². The van der Waals surface area contributed by atoms with Gasteiger partial charge in [-0.3, -0.25) is 0 Å². The van der Waals surface area contributed by atoms with E-state index in [9.17, 15) is 4.39 Å². The smallest absolute Gasteiger partial charge is 0.126 e. The average molecular weight is 211 g/mol. The van der Waals surface area contributed by atoms with Crippen LogP contribution in [0.3, 0.4) is 0 Å². The van der Waals surface area contributed by atoms with Gasteiger partial charge in [0.25, 0.3) is 0 Å². The van der Waals surface area contributed by atoms with Gasteiger partial charge in [0.2, 0.25) is 0 Å². The minimum absolute atomic E-state index is 0.0569. The first kappa shape index (κ1) is 12.1. The summed E-state index contributed by atoms with van der Waals surface area (Å²) in [7, 11) is 0. The van der Waals surface area contributed by atoms with Gasteiger partial charge in [-0.2, -0.15) is 0 Å². The fraction of sp³-hybridized carbons (Fsp3) is 0.500. The van der Waals surface area contributed by atoms with Gasteiger partial charge in [-0.25, -0.2) is 4.39 Å². The molecule has 0 amide bonds. The second-order valence-electron chi connectivity index (χ2n) is 4.48. The quantitative estimate of drug-likeness (QED) is 0.798. The molecular formula is C12H18FNO. The molecule has 15 heavy (non-hydrogen) atoms. The number of aliphatic hydroxyl groups excluding tert-OH is 1. The number of aliphatic hydroxyl groups is 1. The summed E-state index contributed by atoms with van der Waals surface area (Å²) in [6.07, 6.45) is 0. The van der Waals surface area contributed by atoms with Crippen LogP contribution in [0.5, 0.6) is 0 Å². The molecule has 0 aliphatic rings. The number of hydrogen-bond donors (Lipinski definition) is 2. The Hall–Kier alpha value is -0.930. The maximum Gasteiger partial charge on any atom is 0.126 e. The van der Waals surface area contributed by atoms with Crippen molar-refractivity contribution in [2.75, 3.05) is 6.61 Å². The molecule has 0 unspecified atom stereocenters. The first-order valence-electron chi connectivity index (χ1n) is 5.05. The van der Waals surface area contributed by atoms with Crippen LogP contribution >= 0.6 is 0 Å². The van der Waals surface area contributed by atoms with Gasteiger partial charge in [0.05, 0.1) is 6.61 Å². The van der Waals surface area contributed by atoms with Crippen LogP contribution in [0.4, 0.5) is 4.39 Å². The van der Waals surface area contributed by atoms with Crippen LogP contribution in [-0.2, 0) is 6.54 Å². The number of rotatable bonds is 4. The Labute approximate surface area is 90.1 Å². The van der Waals surface area contributed by atoms with Crippen molar-refractivity contribution >= 4 is 0 Å². The van der Waals surface area contributed by atoms with Crippen LogP contribution in [0.25, 0.3) is 0 Å². The molecule has 2 nitrogen and oxygen atoms in total. The molecular weight excluding hydrogens is 193 g/mol. The second-order valence-corrected chi connectivity index (χ2v) is 4.48. The van der Waals surface area contributed by atoms with Crippen molar-refractivity contribution in [3.05, 3.63) is 35.1 Å². The summed E-state index contributed by atoms with van der Waals surface area (Å²) >= 11 is 0. The van der Waals surface area contributed by atoms with E-state index in [0.717, 1.165) is 5.56 Å². The van der Waals surface area contributed by atoms with E-state index in [1.165, 1.54) is 6.07 Å². The molecule has 0 saturated heterocycles. The van der Waals surface area contributed by atoms with Crippen molar-refractivity contribution in [2.45, 2.75) is 32.9 Å². The third kappa shape index (κ3) is 3.61. The molecule has 3 heteroatoms. The molecule has 0 aliphatic carbocycles. The van der Waals surface area contributed by atoms with Gasteiger partial charge in [0, 0.05) is 12.1 Å². The highest BCUT2D eigenvalue weighted by molar-refractivity contribution is 5.23. The van der Waals surface area contributed by atoms with E-state index in [0.29, 0.717) is 12.1 Å². The summed E-state index contributed by atoms with van der Waals surface area (Å²) in [5.74, 6) is -0.184. The lowest BCUT2D eigenvalue weighted by atomic mass is 10.1. The van der Waals surface area contributed by atoms with Crippen molar-refractivity contribution < 1.29 is 9.50 Å². The minimum atomic E-state index is -0.332. The van der Waals surface area contributed by atoms with Crippen LogP contribution in [0.2, 0.25) is 0 Å². The monoisotopic (exact) mass is 211 g/mol. The Morgan fingerprint density at radius 2 is 2.07 bits per heavy atom. The Kier molecular flexibility index (Phi) is 3.83. The van der Waals surface area contributed by atoms with Crippen molar-refractivity contribution in [3.63, 3.8) is 0 Å². The number of nitrogens with one attached hydrogen (secondary N) is 1. The lowest BCUT2D eigenvalue weighted by Crippen LogP contribution is -2.42. The predicted octanol–water partition coefficient (Wildman–Crippen LogP) is 1.99. The fourth-order valence-corrected chi connectivity index (χ4v) is 1.14. The molecule has 84 valence electrons. The number of aryl methyl sites for hydroxylation is 1. The predicted molar refractivity (Wildman–Crippen MR) is 59.1 cm³/mol. The van der Waals surface area contributed by atoms with E-state index in [-0.39, 0.29) is 18.0 Å². The molecule has 0 aliphatic heterocycles. The molecule has 0 aromatic heterocycles. The van der Waals surface area contributed by atoms with Crippen LogP contribution in [-0.4, -0.2) is 17.3 Å². The highest BCUT2D eigenvalue weighted by Crippen LogP contribution is 2.10. The summed E-state index contributed by atoms with van der Waals surface area (Å²) in [5.41, 5.74) is 1.21. The maximum absolute atomic E-state index is 13.2. The standard InChI is InChI=1S/C12H18FNO/c1-9-4-5-10(6-11(9)13)7-14-12(2,3)8-15/h4-6,14-15H,7-8H2,1-3H3. The van der Waals surface area contributed by atoms with E-state index in [2.05, 4.69) is 5.32 Å². The molecule has 0 fully saturated rings. The summed E-state index contributed by atoms with van der Waals surface area (Å²) in [6, 6.07) is 5.17. The topological polar surface area (TPSA) is 32.3 Å². The first-order chi connectivity index (χ1) is 6.94. The van der Waals surface area contributed by atoms with E-state index in [1.54, 1.807) is 13.0 Å². The highest BCUT2D eigenvalue weighted by atomic mass is 19.1. The van der Waals surface area contributed by atoms with Gasteiger partial charge < -0.3 is 10.4 Å². The van der Waals surface area contributed by atoms with Gasteiger partial charge >= 0.3 is 0 Å². The van der Waals surface area contributed by atoms with Gasteiger partial charge in [-0.1, -0.05) is 12.1 Å². The molecule has 0 heterocycles. The van der Waals surface area contributed by atoms with Gasteiger partial charge in [-0.05, 0) is 38.0 Å². The first-order valence-corrected chi connectivity index (χ1v) is 5.05. The molecule has 1 aromatic carbocycles. The van der Waals surface area contributed by atoms with E-state index >= 15 is 0 Å². The van der Waals surface area contributed by atoms with Crippen LogP contribution in [0.15, 0.2) is 18.2 Å². The van der Waals surface area contributed by atoms with Crippen LogP contribution < -0.4 is 5.32 Å². The van der Waals surface area contributed by atoms with Crippen LogP contribution in [0, 0.1) is 12.7 Å². The van der Waals surface area contributed by atoms with Crippen molar-refractivity contribution in [2.24, 2.45) is 0 Å². The molecule has 2 N–H and O–H groups in total. The van der Waals surface area contributed by atoms with Crippen molar-refractivity contribution in [3.8, 4) is 0 Å². The normalized spacial score (nSPS) is 11.8. The minimum Gasteiger partial charge on any atom is -0.394 e. The molecule has 0 spiro atoms. The van der Waals surface area contributed by atoms with Crippen LogP contribution in [0.1, 0.15) is 25.0 Å². The van der Waals surface area contributed by atoms with Gasteiger partial charge in [0.1, 0.15) is 5.82 Å². The molecule has 1 aromatic rings. The second kappa shape index (κ2) is 4.73. The van der Waals surface area contributed by atoms with E-state index in [1.807, 2.05) is 19.9 Å². The van der Waals surface area contributed by atoms with Crippen molar-refractivity contribution in [1.82, 2.24) is 5.32 Å². The summed E-state index contributed by atoms with van der Waals surface area (Å²) in [4.78, 5) is 0. The zero-order chi connectivity index (χ0) is 11.5. The molecule has 0 radical (unpaired) electrons. The number of hydrogen-bond acceptors (Lipinski definition) is 2.